The van der Waals surface area contributed by atoms with Crippen molar-refractivity contribution in [1.82, 2.24) is 4.98 Å². The first kappa shape index (κ1) is 22.1. The quantitative estimate of drug-likeness (QED) is 0.386. The van der Waals surface area contributed by atoms with Crippen LogP contribution in [0.3, 0.4) is 0 Å². The van der Waals surface area contributed by atoms with Crippen LogP contribution >= 0.6 is 0 Å². The third-order valence-electron chi connectivity index (χ3n) is 7.82. The number of para-hydroxylation sites is 1. The van der Waals surface area contributed by atoms with E-state index in [1.807, 2.05) is 36.4 Å². The Morgan fingerprint density at radius 2 is 1.88 bits per heavy atom. The number of aliphatic hydroxyl groups is 1. The van der Waals surface area contributed by atoms with Crippen LogP contribution in [0.2, 0.25) is 0 Å². The fourth-order valence-corrected chi connectivity index (χ4v) is 6.13. The van der Waals surface area contributed by atoms with Crippen LogP contribution in [-0.2, 0) is 12.7 Å². The molecule has 6 heteroatoms. The van der Waals surface area contributed by atoms with Gasteiger partial charge in [0, 0.05) is 35.9 Å². The van der Waals surface area contributed by atoms with Crippen molar-refractivity contribution in [3.63, 3.8) is 0 Å². The monoisotopic (exact) mass is 453 g/mol. The highest BCUT2D eigenvalue weighted by molar-refractivity contribution is 5.82. The van der Waals surface area contributed by atoms with Gasteiger partial charge in [-0.15, -0.1) is 6.58 Å². The summed E-state index contributed by atoms with van der Waals surface area (Å²) in [6, 6.07) is 15.2. The van der Waals surface area contributed by atoms with E-state index in [4.69, 9.17) is 0 Å². The summed E-state index contributed by atoms with van der Waals surface area (Å²) in [5.41, 5.74) is 1.96. The Bertz CT molecular complexity index is 1150. The number of nitrogens with zero attached hydrogens (tertiary/aromatic N) is 2. The van der Waals surface area contributed by atoms with Gasteiger partial charge in [0.15, 0.2) is 0 Å². The Hall–Kier alpha value is -2.70. The molecule has 3 aliphatic rings. The van der Waals surface area contributed by atoms with Crippen LogP contribution in [0.25, 0.3) is 10.9 Å². The van der Waals surface area contributed by atoms with Gasteiger partial charge in [-0.1, -0.05) is 36.4 Å². The zero-order chi connectivity index (χ0) is 23.2. The van der Waals surface area contributed by atoms with Crippen molar-refractivity contribution >= 4 is 10.9 Å². The lowest BCUT2D eigenvalue weighted by Gasteiger charge is -2.58. The van der Waals surface area contributed by atoms with Gasteiger partial charge in [0.25, 0.3) is 0 Å². The summed E-state index contributed by atoms with van der Waals surface area (Å²) in [4.78, 5) is 4.43. The van der Waals surface area contributed by atoms with Gasteiger partial charge in [-0.3, -0.25) is 4.98 Å². The molecule has 172 valence electrons. The van der Waals surface area contributed by atoms with Gasteiger partial charge in [-0.05, 0) is 35.7 Å². The van der Waals surface area contributed by atoms with Crippen molar-refractivity contribution in [1.29, 1.82) is 0 Å². The van der Waals surface area contributed by atoms with E-state index in [9.17, 15) is 18.3 Å². The predicted molar refractivity (Wildman–Crippen MR) is 122 cm³/mol. The molecule has 3 aromatic rings. The first-order valence-corrected chi connectivity index (χ1v) is 11.5. The molecule has 1 aromatic heterocycles. The molecule has 33 heavy (non-hydrogen) atoms. The van der Waals surface area contributed by atoms with Gasteiger partial charge < -0.3 is 9.59 Å². The molecule has 2 bridgehead atoms. The van der Waals surface area contributed by atoms with E-state index >= 15 is 0 Å². The molecule has 3 saturated heterocycles. The standard InChI is InChI=1S/C27H28F3N2O/c1-2-19-17-32(16-18-7-9-21(10-8-18)27(28,29)30)14-12-20(19)15-25(32)26(33)23-11-13-31-24-6-4-3-5-22(23)24/h2-11,13,19-20,25-26,33H,1,12,14-17H2/q+1/t19-,20?,25?,26?,32?/m0/s1. The summed E-state index contributed by atoms with van der Waals surface area (Å²) in [5.74, 6) is 0.827. The summed E-state index contributed by atoms with van der Waals surface area (Å²) >= 11 is 0. The van der Waals surface area contributed by atoms with Crippen molar-refractivity contribution < 1.29 is 22.8 Å². The molecule has 6 rings (SSSR count). The summed E-state index contributed by atoms with van der Waals surface area (Å²) in [6.07, 6.45) is 0.648. The minimum Gasteiger partial charge on any atom is -0.382 e. The lowest BCUT2D eigenvalue weighted by Crippen LogP contribution is -2.67. The summed E-state index contributed by atoms with van der Waals surface area (Å²) in [6.45, 7) is 6.39. The maximum atomic E-state index is 13.1. The average molecular weight is 454 g/mol. The van der Waals surface area contributed by atoms with Gasteiger partial charge in [0.05, 0.1) is 24.2 Å². The summed E-state index contributed by atoms with van der Waals surface area (Å²) < 4.78 is 39.8. The third kappa shape index (κ3) is 3.96. The zero-order valence-corrected chi connectivity index (χ0v) is 18.4. The number of pyridine rings is 1. The number of aliphatic hydroxyl groups excluding tert-OH is 1. The normalized spacial score (nSPS) is 28.1. The van der Waals surface area contributed by atoms with Gasteiger partial charge in [-0.25, -0.2) is 0 Å². The van der Waals surface area contributed by atoms with Crippen molar-refractivity contribution in [2.24, 2.45) is 11.8 Å². The molecule has 0 spiro atoms. The Morgan fingerprint density at radius 1 is 1.12 bits per heavy atom. The smallest absolute Gasteiger partial charge is 0.382 e. The second kappa shape index (κ2) is 8.26. The molecule has 0 aliphatic carbocycles. The Morgan fingerprint density at radius 3 is 2.61 bits per heavy atom. The van der Waals surface area contributed by atoms with Gasteiger partial charge in [-0.2, -0.15) is 13.2 Å². The van der Waals surface area contributed by atoms with Gasteiger partial charge >= 0.3 is 6.18 Å². The lowest BCUT2D eigenvalue weighted by atomic mass is 9.71. The SMILES string of the molecule is C=C[C@H]1C[N+]2(Cc3ccc(C(F)(F)F)cc3)CCC1CC2C(O)c1ccnc2ccccc12. The number of hydrogen-bond acceptors (Lipinski definition) is 2. The number of alkyl halides is 3. The van der Waals surface area contributed by atoms with Crippen LogP contribution in [-0.4, -0.2) is 33.7 Å². The second-order valence-corrected chi connectivity index (χ2v) is 9.59. The second-order valence-electron chi connectivity index (χ2n) is 9.59. The lowest BCUT2D eigenvalue weighted by molar-refractivity contribution is -0.984. The molecule has 1 N–H and O–H groups in total. The fourth-order valence-electron chi connectivity index (χ4n) is 6.13. The highest BCUT2D eigenvalue weighted by Gasteiger charge is 2.54. The van der Waals surface area contributed by atoms with Crippen LogP contribution in [0.1, 0.15) is 35.6 Å². The molecular weight excluding hydrogens is 425 g/mol. The first-order chi connectivity index (χ1) is 15.8. The van der Waals surface area contributed by atoms with Gasteiger partial charge in [0.2, 0.25) is 0 Å². The number of rotatable bonds is 5. The molecule has 3 aliphatic heterocycles. The van der Waals surface area contributed by atoms with Crippen LogP contribution < -0.4 is 0 Å². The number of aromatic nitrogens is 1. The maximum Gasteiger partial charge on any atom is 0.416 e. The van der Waals surface area contributed by atoms with E-state index in [1.54, 1.807) is 18.3 Å². The van der Waals surface area contributed by atoms with Gasteiger partial charge in [0.1, 0.15) is 18.7 Å². The third-order valence-corrected chi connectivity index (χ3v) is 7.82. The minimum absolute atomic E-state index is 0.0342. The number of piperidine rings is 3. The Balaban J connectivity index is 1.51. The molecule has 3 fully saturated rings. The van der Waals surface area contributed by atoms with E-state index in [-0.39, 0.29) is 6.04 Å². The molecule has 3 nitrogen and oxygen atoms in total. The Kier molecular flexibility index (Phi) is 5.53. The largest absolute Gasteiger partial charge is 0.416 e. The average Bonchev–Trinajstić information content (AvgIpc) is 2.83. The number of fused-ring (bicyclic) bond motifs is 4. The van der Waals surface area contributed by atoms with Crippen LogP contribution in [0, 0.1) is 11.8 Å². The summed E-state index contributed by atoms with van der Waals surface area (Å²) in [5, 5.41) is 12.6. The highest BCUT2D eigenvalue weighted by atomic mass is 19.4. The van der Waals surface area contributed by atoms with Crippen molar-refractivity contribution in [2.45, 2.75) is 37.7 Å². The molecule has 0 amide bonds. The molecule has 0 radical (unpaired) electrons. The number of halogens is 3. The topological polar surface area (TPSA) is 33.1 Å². The molecule has 2 aromatic carbocycles. The van der Waals surface area contributed by atoms with E-state index in [0.717, 1.165) is 60.1 Å². The number of benzene rings is 2. The molecule has 4 unspecified atom stereocenters. The molecular formula is C27H28F3N2O+. The van der Waals surface area contributed by atoms with E-state index in [0.29, 0.717) is 22.9 Å². The van der Waals surface area contributed by atoms with Crippen LogP contribution in [0.5, 0.6) is 0 Å². The maximum absolute atomic E-state index is 13.1. The van der Waals surface area contributed by atoms with Crippen LogP contribution in [0.15, 0.2) is 73.4 Å². The number of hydrogen-bond donors (Lipinski definition) is 1. The highest BCUT2D eigenvalue weighted by Crippen LogP contribution is 2.48. The molecule has 0 saturated carbocycles. The molecule has 4 heterocycles. The van der Waals surface area contributed by atoms with Crippen LogP contribution in [0.4, 0.5) is 13.2 Å². The zero-order valence-electron chi connectivity index (χ0n) is 18.4. The fraction of sp³-hybridized carbons (Fsp3) is 0.370. The van der Waals surface area contributed by atoms with E-state index in [2.05, 4.69) is 11.6 Å². The Labute approximate surface area is 191 Å². The summed E-state index contributed by atoms with van der Waals surface area (Å²) in [7, 11) is 0. The van der Waals surface area contributed by atoms with Crippen molar-refractivity contribution in [3.05, 3.63) is 90.1 Å². The predicted octanol–water partition coefficient (Wildman–Crippen LogP) is 5.90. The van der Waals surface area contributed by atoms with E-state index in [1.165, 1.54) is 0 Å². The van der Waals surface area contributed by atoms with E-state index < -0.39 is 17.8 Å². The van der Waals surface area contributed by atoms with Crippen molar-refractivity contribution in [2.75, 3.05) is 13.1 Å². The first-order valence-electron chi connectivity index (χ1n) is 11.5. The van der Waals surface area contributed by atoms with Crippen molar-refractivity contribution in [3.8, 4) is 0 Å². The minimum atomic E-state index is -4.34. The molecule has 5 atom stereocenters. The number of quaternary nitrogens is 1.